The van der Waals surface area contributed by atoms with Crippen molar-refractivity contribution in [3.8, 4) is 0 Å². The molecule has 3 rings (SSSR count). The second-order valence-corrected chi connectivity index (χ2v) is 7.60. The van der Waals surface area contributed by atoms with Gasteiger partial charge in [-0.3, -0.25) is 9.59 Å². The van der Waals surface area contributed by atoms with Crippen LogP contribution in [0.15, 0.2) is 18.2 Å². The first-order valence-electron chi connectivity index (χ1n) is 8.41. The van der Waals surface area contributed by atoms with Gasteiger partial charge in [0.15, 0.2) is 0 Å². The molecule has 0 aromatic heterocycles. The van der Waals surface area contributed by atoms with E-state index in [0.717, 1.165) is 6.07 Å². The number of cyclic esters (lactones) is 1. The zero-order valence-corrected chi connectivity index (χ0v) is 15.2. The predicted molar refractivity (Wildman–Crippen MR) is 92.0 cm³/mol. The zero-order chi connectivity index (χ0) is 18.2. The SMILES string of the molecule is CN(C)CC1CC2(CCN(C(=O)c3ccc(F)cc3Cl)CC2)C(=O)O1. The summed E-state index contributed by atoms with van der Waals surface area (Å²) >= 11 is 5.99. The monoisotopic (exact) mass is 368 g/mol. The number of hydrogen-bond acceptors (Lipinski definition) is 4. The second kappa shape index (κ2) is 6.92. The topological polar surface area (TPSA) is 49.9 Å². The molecule has 1 aromatic rings. The summed E-state index contributed by atoms with van der Waals surface area (Å²) in [6, 6.07) is 3.77. The molecule has 1 spiro atoms. The van der Waals surface area contributed by atoms with E-state index in [1.807, 2.05) is 19.0 Å². The van der Waals surface area contributed by atoms with Gasteiger partial charge in [-0.2, -0.15) is 0 Å². The van der Waals surface area contributed by atoms with Crippen molar-refractivity contribution in [2.24, 2.45) is 5.41 Å². The van der Waals surface area contributed by atoms with E-state index in [2.05, 4.69) is 0 Å². The van der Waals surface area contributed by atoms with E-state index >= 15 is 0 Å². The molecule has 1 amide bonds. The van der Waals surface area contributed by atoms with Crippen LogP contribution in [0.5, 0.6) is 0 Å². The Morgan fingerprint density at radius 2 is 2.08 bits per heavy atom. The number of ether oxygens (including phenoxy) is 1. The Balaban J connectivity index is 1.65. The van der Waals surface area contributed by atoms with Crippen molar-refractivity contribution < 1.29 is 18.7 Å². The van der Waals surface area contributed by atoms with Crippen LogP contribution >= 0.6 is 11.6 Å². The zero-order valence-electron chi connectivity index (χ0n) is 14.4. The molecular weight excluding hydrogens is 347 g/mol. The smallest absolute Gasteiger partial charge is 0.312 e. The van der Waals surface area contributed by atoms with E-state index in [4.69, 9.17) is 16.3 Å². The third-order valence-corrected chi connectivity index (χ3v) is 5.38. The highest BCUT2D eigenvalue weighted by molar-refractivity contribution is 6.33. The Labute approximate surface area is 151 Å². The average Bonchev–Trinajstić information content (AvgIpc) is 2.82. The number of esters is 1. The van der Waals surface area contributed by atoms with Crippen molar-refractivity contribution in [2.75, 3.05) is 33.7 Å². The number of carbonyl (C=O) groups is 2. The van der Waals surface area contributed by atoms with Crippen LogP contribution in [0.3, 0.4) is 0 Å². The first kappa shape index (κ1) is 18.1. The fraction of sp³-hybridized carbons (Fsp3) is 0.556. The quantitative estimate of drug-likeness (QED) is 0.769. The number of likely N-dealkylation sites (N-methyl/N-ethyl adjacent to an activating group) is 1. The summed E-state index contributed by atoms with van der Waals surface area (Å²) in [7, 11) is 3.90. The number of nitrogens with zero attached hydrogens (tertiary/aromatic N) is 2. The first-order valence-corrected chi connectivity index (χ1v) is 8.79. The van der Waals surface area contributed by atoms with Gasteiger partial charge in [-0.1, -0.05) is 11.6 Å². The number of carbonyl (C=O) groups excluding carboxylic acids is 2. The minimum absolute atomic E-state index is 0.0868. The molecule has 1 unspecified atom stereocenters. The maximum absolute atomic E-state index is 13.2. The minimum atomic E-state index is -0.482. The molecule has 25 heavy (non-hydrogen) atoms. The van der Waals surface area contributed by atoms with E-state index in [0.29, 0.717) is 44.5 Å². The maximum Gasteiger partial charge on any atom is 0.312 e. The van der Waals surface area contributed by atoms with E-state index in [-0.39, 0.29) is 23.0 Å². The molecule has 2 saturated heterocycles. The van der Waals surface area contributed by atoms with E-state index in [1.165, 1.54) is 12.1 Å². The summed E-state index contributed by atoms with van der Waals surface area (Å²) in [5.41, 5.74) is -0.192. The van der Waals surface area contributed by atoms with Crippen LogP contribution in [0, 0.1) is 11.2 Å². The fourth-order valence-corrected chi connectivity index (χ4v) is 3.97. The van der Waals surface area contributed by atoms with Gasteiger partial charge in [0.25, 0.3) is 5.91 Å². The fourth-order valence-electron chi connectivity index (χ4n) is 3.73. The normalized spacial score (nSPS) is 22.5. The van der Waals surface area contributed by atoms with Crippen LogP contribution < -0.4 is 0 Å². The van der Waals surface area contributed by atoms with Crippen molar-refractivity contribution in [2.45, 2.75) is 25.4 Å². The molecule has 2 fully saturated rings. The van der Waals surface area contributed by atoms with Gasteiger partial charge in [0.2, 0.25) is 0 Å². The van der Waals surface area contributed by atoms with Gasteiger partial charge in [-0.05, 0) is 45.1 Å². The van der Waals surface area contributed by atoms with Gasteiger partial charge in [0.05, 0.1) is 16.0 Å². The highest BCUT2D eigenvalue weighted by Crippen LogP contribution is 2.43. The molecule has 0 bridgehead atoms. The Bertz CT molecular complexity index is 687. The van der Waals surface area contributed by atoms with Crippen molar-refractivity contribution in [3.05, 3.63) is 34.6 Å². The molecule has 2 aliphatic rings. The minimum Gasteiger partial charge on any atom is -0.461 e. The molecule has 1 atom stereocenters. The summed E-state index contributed by atoms with van der Waals surface area (Å²) in [5, 5.41) is 0.108. The lowest BCUT2D eigenvalue weighted by Crippen LogP contribution is -2.45. The Morgan fingerprint density at radius 1 is 1.40 bits per heavy atom. The number of rotatable bonds is 3. The number of amides is 1. The number of piperidine rings is 1. The van der Waals surface area contributed by atoms with Crippen LogP contribution in [-0.4, -0.2) is 61.5 Å². The highest BCUT2D eigenvalue weighted by atomic mass is 35.5. The maximum atomic E-state index is 13.2. The molecule has 7 heteroatoms. The number of halogens is 2. The molecule has 2 aliphatic heterocycles. The summed E-state index contributed by atoms with van der Waals surface area (Å²) in [5.74, 6) is -0.845. The van der Waals surface area contributed by atoms with E-state index in [1.54, 1.807) is 4.90 Å². The standard InChI is InChI=1S/C18H22ClFN2O3/c1-21(2)11-13-10-18(17(24)25-13)5-7-22(8-6-18)16(23)14-4-3-12(20)9-15(14)19/h3-4,9,13H,5-8,10-11H2,1-2H3. The van der Waals surface area contributed by atoms with Crippen LogP contribution in [-0.2, 0) is 9.53 Å². The molecule has 0 aliphatic carbocycles. The number of benzene rings is 1. The third kappa shape index (κ3) is 3.65. The Morgan fingerprint density at radius 3 is 2.68 bits per heavy atom. The van der Waals surface area contributed by atoms with Crippen molar-refractivity contribution >= 4 is 23.5 Å². The summed E-state index contributed by atoms with van der Waals surface area (Å²) in [6.07, 6.45) is 1.78. The molecule has 0 saturated carbocycles. The van der Waals surface area contributed by atoms with Crippen LogP contribution in [0.1, 0.15) is 29.6 Å². The molecule has 136 valence electrons. The van der Waals surface area contributed by atoms with Gasteiger partial charge in [-0.15, -0.1) is 0 Å². The van der Waals surface area contributed by atoms with Gasteiger partial charge in [0.1, 0.15) is 11.9 Å². The summed E-state index contributed by atoms with van der Waals surface area (Å²) in [4.78, 5) is 28.7. The number of likely N-dealkylation sites (tertiary alicyclic amines) is 1. The van der Waals surface area contributed by atoms with Gasteiger partial charge in [-0.25, -0.2) is 4.39 Å². The Hall–Kier alpha value is -1.66. The van der Waals surface area contributed by atoms with Gasteiger partial charge in [0, 0.05) is 26.1 Å². The summed E-state index contributed by atoms with van der Waals surface area (Å²) in [6.45, 7) is 1.65. The molecule has 0 radical (unpaired) electrons. The van der Waals surface area contributed by atoms with Gasteiger partial charge >= 0.3 is 5.97 Å². The largest absolute Gasteiger partial charge is 0.461 e. The van der Waals surface area contributed by atoms with E-state index < -0.39 is 11.2 Å². The molecule has 0 N–H and O–H groups in total. The molecular formula is C18H22ClFN2O3. The molecule has 1 aromatic carbocycles. The summed E-state index contributed by atoms with van der Waals surface area (Å²) < 4.78 is 18.7. The lowest BCUT2D eigenvalue weighted by atomic mass is 9.76. The van der Waals surface area contributed by atoms with E-state index in [9.17, 15) is 14.0 Å². The second-order valence-electron chi connectivity index (χ2n) is 7.19. The van der Waals surface area contributed by atoms with Crippen molar-refractivity contribution in [3.63, 3.8) is 0 Å². The predicted octanol–water partition coefficient (Wildman–Crippen LogP) is 2.58. The van der Waals surface area contributed by atoms with Crippen molar-refractivity contribution in [1.29, 1.82) is 0 Å². The highest BCUT2D eigenvalue weighted by Gasteiger charge is 2.50. The molecule has 5 nitrogen and oxygen atoms in total. The lowest BCUT2D eigenvalue weighted by Gasteiger charge is -2.36. The van der Waals surface area contributed by atoms with Gasteiger partial charge < -0.3 is 14.5 Å². The van der Waals surface area contributed by atoms with Crippen LogP contribution in [0.2, 0.25) is 5.02 Å². The Kier molecular flexibility index (Phi) is 5.02. The number of hydrogen-bond donors (Lipinski definition) is 0. The first-order chi connectivity index (χ1) is 11.8. The molecule has 2 heterocycles. The van der Waals surface area contributed by atoms with Crippen LogP contribution in [0.25, 0.3) is 0 Å². The lowest BCUT2D eigenvalue weighted by molar-refractivity contribution is -0.150. The van der Waals surface area contributed by atoms with Crippen LogP contribution in [0.4, 0.5) is 4.39 Å². The van der Waals surface area contributed by atoms with Crippen molar-refractivity contribution in [1.82, 2.24) is 9.80 Å². The third-order valence-electron chi connectivity index (χ3n) is 5.06. The average molecular weight is 369 g/mol.